The molecule has 0 aliphatic carbocycles. The fourth-order valence-corrected chi connectivity index (χ4v) is 2.13. The zero-order chi connectivity index (χ0) is 12.1. The van der Waals surface area contributed by atoms with Gasteiger partial charge < -0.3 is 15.8 Å². The predicted molar refractivity (Wildman–Crippen MR) is 62.2 cm³/mol. The van der Waals surface area contributed by atoms with Crippen LogP contribution in [0.3, 0.4) is 0 Å². The third kappa shape index (κ3) is 2.87. The van der Waals surface area contributed by atoms with Crippen LogP contribution in [0.15, 0.2) is 5.16 Å². The van der Waals surface area contributed by atoms with Gasteiger partial charge in [0.15, 0.2) is 5.84 Å². The molecule has 0 bridgehead atoms. The van der Waals surface area contributed by atoms with Crippen molar-refractivity contribution in [3.63, 3.8) is 0 Å². The lowest BCUT2D eigenvalue weighted by Gasteiger charge is -2.31. The molecule has 1 aliphatic heterocycles. The Morgan fingerprint density at radius 1 is 1.31 bits per heavy atom. The number of nitrogens with zero attached hydrogens (tertiary/aromatic N) is 2. The molecule has 1 atom stereocenters. The van der Waals surface area contributed by atoms with Gasteiger partial charge >= 0.3 is 0 Å². The molecular weight excluding hydrogens is 206 g/mol. The molecule has 1 unspecified atom stereocenters. The van der Waals surface area contributed by atoms with Crippen molar-refractivity contribution in [1.29, 1.82) is 0 Å². The van der Waals surface area contributed by atoms with Gasteiger partial charge in [0.05, 0.1) is 0 Å². The molecule has 0 aromatic rings. The number of oxime groups is 1. The lowest BCUT2D eigenvalue weighted by molar-refractivity contribution is -0.135. The van der Waals surface area contributed by atoms with Gasteiger partial charge in [-0.05, 0) is 25.2 Å². The van der Waals surface area contributed by atoms with Gasteiger partial charge in [-0.3, -0.25) is 4.79 Å². The van der Waals surface area contributed by atoms with E-state index >= 15 is 0 Å². The maximum atomic E-state index is 12.2. The number of piperidine rings is 1. The van der Waals surface area contributed by atoms with E-state index in [1.54, 1.807) is 0 Å². The highest BCUT2D eigenvalue weighted by Crippen LogP contribution is 2.18. The minimum Gasteiger partial charge on any atom is -0.409 e. The van der Waals surface area contributed by atoms with Crippen molar-refractivity contribution in [2.75, 3.05) is 13.1 Å². The number of carbonyl (C=O) groups is 1. The molecule has 0 spiro atoms. The second kappa shape index (κ2) is 5.72. The van der Waals surface area contributed by atoms with Crippen LogP contribution in [0, 0.1) is 11.8 Å². The SMILES string of the molecule is CC(C)C(C(=O)N1CCCCC1)/C(N)=N/O. The van der Waals surface area contributed by atoms with Crippen LogP contribution in [0.25, 0.3) is 0 Å². The van der Waals surface area contributed by atoms with Crippen LogP contribution >= 0.6 is 0 Å². The van der Waals surface area contributed by atoms with Crippen molar-refractivity contribution in [2.24, 2.45) is 22.7 Å². The molecule has 1 saturated heterocycles. The normalized spacial score (nSPS) is 19.9. The molecule has 1 heterocycles. The van der Waals surface area contributed by atoms with Gasteiger partial charge in [0.1, 0.15) is 5.92 Å². The number of carbonyl (C=O) groups excluding carboxylic acids is 1. The summed E-state index contributed by atoms with van der Waals surface area (Å²) in [6.07, 6.45) is 3.28. The van der Waals surface area contributed by atoms with Crippen molar-refractivity contribution < 1.29 is 10.0 Å². The Labute approximate surface area is 96.3 Å². The number of hydrogen-bond donors (Lipinski definition) is 2. The molecule has 3 N–H and O–H groups in total. The maximum Gasteiger partial charge on any atom is 0.233 e. The van der Waals surface area contributed by atoms with Crippen LogP contribution in [0.5, 0.6) is 0 Å². The molecule has 0 aromatic heterocycles. The highest BCUT2D eigenvalue weighted by atomic mass is 16.4. The second-order valence-corrected chi connectivity index (χ2v) is 4.63. The van der Waals surface area contributed by atoms with Crippen LogP contribution in [0.1, 0.15) is 33.1 Å². The van der Waals surface area contributed by atoms with E-state index in [9.17, 15) is 4.79 Å². The van der Waals surface area contributed by atoms with Crippen LogP contribution < -0.4 is 5.73 Å². The van der Waals surface area contributed by atoms with Crippen LogP contribution in [-0.4, -0.2) is 34.9 Å². The van der Waals surface area contributed by atoms with Gasteiger partial charge in [-0.15, -0.1) is 0 Å². The largest absolute Gasteiger partial charge is 0.409 e. The van der Waals surface area contributed by atoms with E-state index < -0.39 is 5.92 Å². The molecule has 1 rings (SSSR count). The Morgan fingerprint density at radius 2 is 1.88 bits per heavy atom. The van der Waals surface area contributed by atoms with Crippen molar-refractivity contribution in [2.45, 2.75) is 33.1 Å². The van der Waals surface area contributed by atoms with Gasteiger partial charge in [-0.25, -0.2) is 0 Å². The molecule has 92 valence electrons. The van der Waals surface area contributed by atoms with E-state index in [-0.39, 0.29) is 17.7 Å². The standard InChI is InChI=1S/C11H21N3O2/c1-8(2)9(10(12)13-16)11(15)14-6-4-3-5-7-14/h8-9,16H,3-7H2,1-2H3,(H2,12,13). The summed E-state index contributed by atoms with van der Waals surface area (Å²) in [6, 6.07) is 0. The molecular formula is C11H21N3O2. The van der Waals surface area contributed by atoms with E-state index in [4.69, 9.17) is 10.9 Å². The monoisotopic (exact) mass is 227 g/mol. The van der Waals surface area contributed by atoms with Gasteiger partial charge in [-0.1, -0.05) is 19.0 Å². The first-order chi connectivity index (χ1) is 7.57. The maximum absolute atomic E-state index is 12.2. The van der Waals surface area contributed by atoms with Crippen molar-refractivity contribution in [3.05, 3.63) is 0 Å². The van der Waals surface area contributed by atoms with Crippen molar-refractivity contribution in [3.8, 4) is 0 Å². The first-order valence-corrected chi connectivity index (χ1v) is 5.84. The summed E-state index contributed by atoms with van der Waals surface area (Å²) in [4.78, 5) is 14.0. The van der Waals surface area contributed by atoms with E-state index in [0.29, 0.717) is 0 Å². The average molecular weight is 227 g/mol. The molecule has 5 nitrogen and oxygen atoms in total. The Morgan fingerprint density at radius 3 is 2.31 bits per heavy atom. The summed E-state index contributed by atoms with van der Waals surface area (Å²) in [6.45, 7) is 5.40. The second-order valence-electron chi connectivity index (χ2n) is 4.63. The Balaban J connectivity index is 2.74. The Hall–Kier alpha value is -1.26. The van der Waals surface area contributed by atoms with Crippen LogP contribution in [-0.2, 0) is 4.79 Å². The van der Waals surface area contributed by atoms with Crippen molar-refractivity contribution >= 4 is 11.7 Å². The Bertz CT molecular complexity index is 270. The van der Waals surface area contributed by atoms with E-state index in [2.05, 4.69) is 5.16 Å². The van der Waals surface area contributed by atoms with E-state index in [1.807, 2.05) is 18.7 Å². The van der Waals surface area contributed by atoms with Crippen molar-refractivity contribution in [1.82, 2.24) is 4.90 Å². The highest BCUT2D eigenvalue weighted by molar-refractivity contribution is 6.02. The number of amides is 1. The van der Waals surface area contributed by atoms with E-state index in [1.165, 1.54) is 6.42 Å². The number of nitrogens with two attached hydrogens (primary N) is 1. The predicted octanol–water partition coefficient (Wildman–Crippen LogP) is 1.02. The quantitative estimate of drug-likeness (QED) is 0.327. The first kappa shape index (κ1) is 12.8. The topological polar surface area (TPSA) is 78.9 Å². The molecule has 0 aromatic carbocycles. The number of hydrogen-bond acceptors (Lipinski definition) is 3. The van der Waals surface area contributed by atoms with Crippen LogP contribution in [0.2, 0.25) is 0 Å². The summed E-state index contributed by atoms with van der Waals surface area (Å²) in [5, 5.41) is 11.7. The number of rotatable bonds is 3. The van der Waals surface area contributed by atoms with E-state index in [0.717, 1.165) is 25.9 Å². The third-order valence-corrected chi connectivity index (χ3v) is 3.03. The molecule has 0 radical (unpaired) electrons. The van der Waals surface area contributed by atoms with Gasteiger partial charge in [0.25, 0.3) is 0 Å². The van der Waals surface area contributed by atoms with Gasteiger partial charge in [-0.2, -0.15) is 0 Å². The first-order valence-electron chi connectivity index (χ1n) is 5.84. The lowest BCUT2D eigenvalue weighted by Crippen LogP contribution is -2.46. The summed E-state index contributed by atoms with van der Waals surface area (Å²) in [5.41, 5.74) is 5.58. The minimum atomic E-state index is -0.497. The third-order valence-electron chi connectivity index (χ3n) is 3.03. The summed E-state index contributed by atoms with van der Waals surface area (Å²) in [7, 11) is 0. The molecule has 0 saturated carbocycles. The summed E-state index contributed by atoms with van der Waals surface area (Å²) in [5.74, 6) is -0.441. The highest BCUT2D eigenvalue weighted by Gasteiger charge is 2.31. The van der Waals surface area contributed by atoms with Gasteiger partial charge in [0.2, 0.25) is 5.91 Å². The fourth-order valence-electron chi connectivity index (χ4n) is 2.13. The lowest BCUT2D eigenvalue weighted by atomic mass is 9.92. The fraction of sp³-hybridized carbons (Fsp3) is 0.818. The summed E-state index contributed by atoms with van der Waals surface area (Å²) < 4.78 is 0. The summed E-state index contributed by atoms with van der Waals surface area (Å²) >= 11 is 0. The molecule has 1 amide bonds. The zero-order valence-electron chi connectivity index (χ0n) is 10.0. The Kier molecular flexibility index (Phi) is 4.58. The zero-order valence-corrected chi connectivity index (χ0v) is 10.0. The molecule has 16 heavy (non-hydrogen) atoms. The number of amidine groups is 1. The molecule has 1 aliphatic rings. The smallest absolute Gasteiger partial charge is 0.233 e. The number of likely N-dealkylation sites (tertiary alicyclic amines) is 1. The average Bonchev–Trinajstić information content (AvgIpc) is 2.29. The van der Waals surface area contributed by atoms with Gasteiger partial charge in [0, 0.05) is 13.1 Å². The molecule has 5 heteroatoms. The minimum absolute atomic E-state index is 0.00926. The molecule has 1 fully saturated rings. The van der Waals surface area contributed by atoms with Crippen LogP contribution in [0.4, 0.5) is 0 Å².